The molecule has 12 heavy (non-hydrogen) atoms. The van der Waals surface area contributed by atoms with Crippen LogP contribution < -0.4 is 5.73 Å². The van der Waals surface area contributed by atoms with Gasteiger partial charge in [-0.1, -0.05) is 0 Å². The molecule has 2 aromatic rings. The number of nitrogens with one attached hydrogen (secondary N) is 2. The number of nitrogen functional groups attached to an aromatic ring is 1. The molecule has 0 atom stereocenters. The van der Waals surface area contributed by atoms with Crippen LogP contribution in [0, 0.1) is 6.92 Å². The molecule has 0 amide bonds. The number of hydrogen-bond donors (Lipinski definition) is 3. The Kier molecular flexibility index (Phi) is 1.33. The molecule has 2 rings (SSSR count). The summed E-state index contributed by atoms with van der Waals surface area (Å²) in [4.78, 5) is 0. The molecule has 6 heteroatoms. The highest BCUT2D eigenvalue weighted by atomic mass is 15.3. The average Bonchev–Trinajstić information content (AvgIpc) is 2.64. The molecule has 0 spiro atoms. The van der Waals surface area contributed by atoms with E-state index in [9.17, 15) is 0 Å². The molecular formula is C6H8N6. The van der Waals surface area contributed by atoms with Gasteiger partial charge in [-0.15, -0.1) is 0 Å². The average molecular weight is 164 g/mol. The zero-order valence-corrected chi connectivity index (χ0v) is 6.50. The summed E-state index contributed by atoms with van der Waals surface area (Å²) in [6, 6.07) is 0. The third-order valence-corrected chi connectivity index (χ3v) is 1.72. The lowest BCUT2D eigenvalue weighted by atomic mass is 10.2. The normalized spacial score (nSPS) is 10.4. The maximum Gasteiger partial charge on any atom is 0.148 e. The van der Waals surface area contributed by atoms with E-state index in [1.165, 1.54) is 0 Å². The first-order chi connectivity index (χ1) is 5.79. The number of anilines is 1. The molecule has 0 aromatic carbocycles. The molecule has 2 aromatic heterocycles. The molecule has 0 saturated carbocycles. The number of hydrogen-bond acceptors (Lipinski definition) is 4. The second-order valence-corrected chi connectivity index (χ2v) is 2.46. The molecule has 0 unspecified atom stereocenters. The van der Waals surface area contributed by atoms with Crippen LogP contribution in [-0.2, 0) is 0 Å². The fourth-order valence-corrected chi connectivity index (χ4v) is 0.983. The van der Waals surface area contributed by atoms with Crippen LogP contribution >= 0.6 is 0 Å². The van der Waals surface area contributed by atoms with Crippen LogP contribution in [0.1, 0.15) is 5.56 Å². The Balaban J connectivity index is 2.55. The van der Waals surface area contributed by atoms with E-state index in [-0.39, 0.29) is 0 Å². The Labute approximate surface area is 68.2 Å². The van der Waals surface area contributed by atoms with E-state index in [0.717, 1.165) is 17.0 Å². The van der Waals surface area contributed by atoms with Gasteiger partial charge in [0, 0.05) is 5.56 Å². The summed E-state index contributed by atoms with van der Waals surface area (Å²) >= 11 is 0. The van der Waals surface area contributed by atoms with Gasteiger partial charge in [0.2, 0.25) is 0 Å². The van der Waals surface area contributed by atoms with Crippen molar-refractivity contribution >= 4 is 5.82 Å². The Morgan fingerprint density at radius 3 is 2.75 bits per heavy atom. The summed E-state index contributed by atoms with van der Waals surface area (Å²) < 4.78 is 0. The van der Waals surface area contributed by atoms with Gasteiger partial charge in [0.15, 0.2) is 0 Å². The SMILES string of the molecule is Cc1c(N)n[nH]c1-c1cn[nH]n1. The number of H-pyrrole nitrogens is 2. The number of aromatic amines is 2. The molecule has 4 N–H and O–H groups in total. The van der Waals surface area contributed by atoms with E-state index in [2.05, 4.69) is 25.6 Å². The molecule has 0 aliphatic heterocycles. The van der Waals surface area contributed by atoms with Crippen molar-refractivity contribution in [1.82, 2.24) is 25.6 Å². The molecule has 6 nitrogen and oxygen atoms in total. The largest absolute Gasteiger partial charge is 0.382 e. The molecule has 2 heterocycles. The molecule has 0 radical (unpaired) electrons. The van der Waals surface area contributed by atoms with Crippen molar-refractivity contribution in [3.63, 3.8) is 0 Å². The van der Waals surface area contributed by atoms with Gasteiger partial charge in [0.1, 0.15) is 11.5 Å². The molecular weight excluding hydrogens is 156 g/mol. The highest BCUT2D eigenvalue weighted by Crippen LogP contribution is 2.20. The summed E-state index contributed by atoms with van der Waals surface area (Å²) in [5.74, 6) is 0.494. The minimum atomic E-state index is 0.494. The maximum absolute atomic E-state index is 5.55. The van der Waals surface area contributed by atoms with Gasteiger partial charge in [0.05, 0.1) is 11.9 Å². The maximum atomic E-state index is 5.55. The summed E-state index contributed by atoms with van der Waals surface area (Å²) in [6.45, 7) is 1.88. The van der Waals surface area contributed by atoms with E-state index >= 15 is 0 Å². The Hall–Kier alpha value is -1.85. The molecule has 0 bridgehead atoms. The van der Waals surface area contributed by atoms with Crippen LogP contribution in [0.4, 0.5) is 5.82 Å². The number of nitrogens with two attached hydrogens (primary N) is 1. The minimum absolute atomic E-state index is 0.494. The first kappa shape index (κ1) is 6.84. The fourth-order valence-electron chi connectivity index (χ4n) is 0.983. The van der Waals surface area contributed by atoms with E-state index < -0.39 is 0 Å². The lowest BCUT2D eigenvalue weighted by Gasteiger charge is -1.90. The van der Waals surface area contributed by atoms with Crippen LogP contribution in [0.15, 0.2) is 6.20 Å². The third kappa shape index (κ3) is 0.849. The summed E-state index contributed by atoms with van der Waals surface area (Å²) in [6.07, 6.45) is 1.61. The Morgan fingerprint density at radius 2 is 2.25 bits per heavy atom. The van der Waals surface area contributed by atoms with E-state index in [1.54, 1.807) is 6.20 Å². The van der Waals surface area contributed by atoms with Crippen molar-refractivity contribution in [2.24, 2.45) is 0 Å². The second kappa shape index (κ2) is 2.33. The van der Waals surface area contributed by atoms with Crippen LogP contribution in [0.2, 0.25) is 0 Å². The molecule has 0 aliphatic rings. The number of rotatable bonds is 1. The topological polar surface area (TPSA) is 96.3 Å². The highest BCUT2D eigenvalue weighted by molar-refractivity contribution is 5.63. The highest BCUT2D eigenvalue weighted by Gasteiger charge is 2.09. The lowest BCUT2D eigenvalue weighted by Crippen LogP contribution is -1.86. The van der Waals surface area contributed by atoms with Crippen LogP contribution in [-0.4, -0.2) is 25.6 Å². The lowest BCUT2D eigenvalue weighted by molar-refractivity contribution is 0.939. The first-order valence-corrected chi connectivity index (χ1v) is 3.45. The monoisotopic (exact) mass is 164 g/mol. The van der Waals surface area contributed by atoms with E-state index in [1.807, 2.05) is 6.92 Å². The number of aromatic nitrogens is 5. The molecule has 62 valence electrons. The van der Waals surface area contributed by atoms with Crippen LogP contribution in [0.5, 0.6) is 0 Å². The quantitative estimate of drug-likeness (QED) is 0.556. The van der Waals surface area contributed by atoms with Crippen LogP contribution in [0.3, 0.4) is 0 Å². The predicted molar refractivity (Wildman–Crippen MR) is 43.1 cm³/mol. The smallest absolute Gasteiger partial charge is 0.148 e. The van der Waals surface area contributed by atoms with Gasteiger partial charge in [0.25, 0.3) is 0 Å². The minimum Gasteiger partial charge on any atom is -0.382 e. The Morgan fingerprint density at radius 1 is 1.42 bits per heavy atom. The zero-order valence-electron chi connectivity index (χ0n) is 6.50. The predicted octanol–water partition coefficient (Wildman–Crippen LogP) is 0.0854. The fraction of sp³-hybridized carbons (Fsp3) is 0.167. The molecule has 0 aliphatic carbocycles. The zero-order chi connectivity index (χ0) is 8.55. The number of nitrogens with zero attached hydrogens (tertiary/aromatic N) is 3. The first-order valence-electron chi connectivity index (χ1n) is 3.45. The van der Waals surface area contributed by atoms with Gasteiger partial charge in [-0.25, -0.2) is 0 Å². The molecule has 0 saturated heterocycles. The van der Waals surface area contributed by atoms with Gasteiger partial charge in [-0.05, 0) is 6.92 Å². The van der Waals surface area contributed by atoms with Gasteiger partial charge < -0.3 is 5.73 Å². The van der Waals surface area contributed by atoms with Crippen molar-refractivity contribution in [3.05, 3.63) is 11.8 Å². The standard InChI is InChI=1S/C6H8N6/c1-3-5(10-11-6(3)7)4-2-8-12-9-4/h2H,1H3,(H3,7,10,11)(H,8,9,12). The van der Waals surface area contributed by atoms with Crippen molar-refractivity contribution in [1.29, 1.82) is 0 Å². The van der Waals surface area contributed by atoms with Crippen molar-refractivity contribution in [3.8, 4) is 11.4 Å². The summed E-state index contributed by atoms with van der Waals surface area (Å²) in [7, 11) is 0. The Bertz CT molecular complexity index is 373. The van der Waals surface area contributed by atoms with E-state index in [0.29, 0.717) is 5.82 Å². The van der Waals surface area contributed by atoms with E-state index in [4.69, 9.17) is 5.73 Å². The van der Waals surface area contributed by atoms with Crippen molar-refractivity contribution in [2.45, 2.75) is 6.92 Å². The molecule has 0 fully saturated rings. The van der Waals surface area contributed by atoms with Crippen molar-refractivity contribution in [2.75, 3.05) is 5.73 Å². The van der Waals surface area contributed by atoms with Gasteiger partial charge in [-0.2, -0.15) is 20.5 Å². The van der Waals surface area contributed by atoms with Gasteiger partial charge >= 0.3 is 0 Å². The summed E-state index contributed by atoms with van der Waals surface area (Å²) in [5.41, 5.74) is 7.96. The van der Waals surface area contributed by atoms with Gasteiger partial charge in [-0.3, -0.25) is 5.10 Å². The van der Waals surface area contributed by atoms with Crippen LogP contribution in [0.25, 0.3) is 11.4 Å². The second-order valence-electron chi connectivity index (χ2n) is 2.46. The third-order valence-electron chi connectivity index (χ3n) is 1.72. The summed E-state index contributed by atoms with van der Waals surface area (Å²) in [5, 5.41) is 16.7. The van der Waals surface area contributed by atoms with Crippen molar-refractivity contribution < 1.29 is 0 Å².